The Bertz CT molecular complexity index is 626. The zero-order valence-electron chi connectivity index (χ0n) is 11.4. The summed E-state index contributed by atoms with van der Waals surface area (Å²) < 4.78 is 6.06. The number of aryl methyl sites for hydroxylation is 1. The van der Waals surface area contributed by atoms with E-state index in [1.807, 2.05) is 6.07 Å². The van der Waals surface area contributed by atoms with E-state index in [-0.39, 0.29) is 0 Å². The Hall–Kier alpha value is -1.76. The van der Waals surface area contributed by atoms with Crippen molar-refractivity contribution in [2.45, 2.75) is 33.6 Å². The van der Waals surface area contributed by atoms with E-state index in [4.69, 9.17) is 4.74 Å². The fraction of sp³-hybridized carbons (Fsp3) is 0.294. The van der Waals surface area contributed by atoms with Gasteiger partial charge in [-0.05, 0) is 49.6 Å². The fourth-order valence-electron chi connectivity index (χ4n) is 2.89. The third-order valence-electron chi connectivity index (χ3n) is 4.21. The second-order valence-corrected chi connectivity index (χ2v) is 5.22. The van der Waals surface area contributed by atoms with Gasteiger partial charge in [0.05, 0.1) is 0 Å². The standard InChI is InChI=1S/C17H18O/c1-10-9-16-17(12(3)11(10)2)13(4)14-7-5-6-8-15(14)18-16/h5-9,13H,1-4H3. The third kappa shape index (κ3) is 1.47. The number of benzene rings is 2. The van der Waals surface area contributed by atoms with E-state index in [9.17, 15) is 0 Å². The molecule has 2 aromatic carbocycles. The monoisotopic (exact) mass is 238 g/mol. The van der Waals surface area contributed by atoms with Crippen molar-refractivity contribution in [2.24, 2.45) is 0 Å². The molecule has 2 aromatic rings. The molecule has 0 bridgehead atoms. The summed E-state index contributed by atoms with van der Waals surface area (Å²) in [5, 5.41) is 0. The van der Waals surface area contributed by atoms with Crippen molar-refractivity contribution in [3.63, 3.8) is 0 Å². The van der Waals surface area contributed by atoms with Gasteiger partial charge in [-0.1, -0.05) is 25.1 Å². The molecule has 1 aliphatic heterocycles. The highest BCUT2D eigenvalue weighted by Gasteiger charge is 2.26. The molecule has 0 amide bonds. The Kier molecular flexibility index (Phi) is 2.44. The molecule has 0 radical (unpaired) electrons. The molecule has 0 spiro atoms. The second kappa shape index (κ2) is 3.88. The molecule has 1 heterocycles. The Labute approximate surface area is 108 Å². The van der Waals surface area contributed by atoms with Gasteiger partial charge >= 0.3 is 0 Å². The topological polar surface area (TPSA) is 9.23 Å². The molecule has 1 aliphatic rings. The summed E-state index contributed by atoms with van der Waals surface area (Å²) in [6.07, 6.45) is 0. The molecule has 0 aliphatic carbocycles. The average molecular weight is 238 g/mol. The molecule has 0 saturated carbocycles. The van der Waals surface area contributed by atoms with Gasteiger partial charge in [-0.2, -0.15) is 0 Å². The smallest absolute Gasteiger partial charge is 0.131 e. The van der Waals surface area contributed by atoms with Crippen molar-refractivity contribution in [3.8, 4) is 11.5 Å². The Balaban J connectivity index is 2.26. The van der Waals surface area contributed by atoms with Gasteiger partial charge in [0, 0.05) is 17.0 Å². The Morgan fingerprint density at radius 3 is 2.44 bits per heavy atom. The third-order valence-corrected chi connectivity index (χ3v) is 4.21. The Morgan fingerprint density at radius 2 is 1.67 bits per heavy atom. The second-order valence-electron chi connectivity index (χ2n) is 5.22. The van der Waals surface area contributed by atoms with Gasteiger partial charge in [-0.25, -0.2) is 0 Å². The van der Waals surface area contributed by atoms with Crippen LogP contribution in [0.5, 0.6) is 11.5 Å². The quantitative estimate of drug-likeness (QED) is 0.636. The van der Waals surface area contributed by atoms with E-state index < -0.39 is 0 Å². The van der Waals surface area contributed by atoms with E-state index >= 15 is 0 Å². The lowest BCUT2D eigenvalue weighted by Gasteiger charge is -2.28. The van der Waals surface area contributed by atoms with Crippen LogP contribution in [0.1, 0.15) is 40.7 Å². The first-order valence-corrected chi connectivity index (χ1v) is 6.47. The normalized spacial score (nSPS) is 16.8. The van der Waals surface area contributed by atoms with Gasteiger partial charge in [0.15, 0.2) is 0 Å². The predicted molar refractivity (Wildman–Crippen MR) is 74.7 cm³/mol. The summed E-state index contributed by atoms with van der Waals surface area (Å²) in [6, 6.07) is 10.5. The lowest BCUT2D eigenvalue weighted by Crippen LogP contribution is -2.10. The number of hydrogen-bond donors (Lipinski definition) is 0. The van der Waals surface area contributed by atoms with Crippen LogP contribution in [0.15, 0.2) is 30.3 Å². The fourth-order valence-corrected chi connectivity index (χ4v) is 2.89. The van der Waals surface area contributed by atoms with E-state index in [0.29, 0.717) is 5.92 Å². The maximum Gasteiger partial charge on any atom is 0.131 e. The van der Waals surface area contributed by atoms with Crippen LogP contribution in [0.3, 0.4) is 0 Å². The molecule has 0 aromatic heterocycles. The molecule has 1 heteroatoms. The van der Waals surface area contributed by atoms with Crippen molar-refractivity contribution in [3.05, 3.63) is 58.1 Å². The predicted octanol–water partition coefficient (Wildman–Crippen LogP) is 4.87. The van der Waals surface area contributed by atoms with Crippen LogP contribution in [0.2, 0.25) is 0 Å². The molecule has 0 N–H and O–H groups in total. The van der Waals surface area contributed by atoms with E-state index in [2.05, 4.69) is 52.0 Å². The minimum Gasteiger partial charge on any atom is -0.457 e. The van der Waals surface area contributed by atoms with Crippen LogP contribution in [-0.4, -0.2) is 0 Å². The lowest BCUT2D eigenvalue weighted by atomic mass is 9.84. The molecule has 1 nitrogen and oxygen atoms in total. The van der Waals surface area contributed by atoms with E-state index in [0.717, 1.165) is 11.5 Å². The number of para-hydroxylation sites is 1. The highest BCUT2D eigenvalue weighted by Crippen LogP contribution is 2.46. The molecule has 3 rings (SSSR count). The average Bonchev–Trinajstić information content (AvgIpc) is 2.36. The highest BCUT2D eigenvalue weighted by atomic mass is 16.5. The van der Waals surface area contributed by atoms with E-state index in [1.54, 1.807) is 0 Å². The highest BCUT2D eigenvalue weighted by molar-refractivity contribution is 5.58. The summed E-state index contributed by atoms with van der Waals surface area (Å²) in [6.45, 7) is 8.81. The molecule has 0 saturated heterocycles. The van der Waals surface area contributed by atoms with Crippen molar-refractivity contribution in [2.75, 3.05) is 0 Å². The SMILES string of the molecule is Cc1cc2c(c(C)c1C)C(C)c1ccccc1O2. The van der Waals surface area contributed by atoms with Crippen LogP contribution < -0.4 is 4.74 Å². The largest absolute Gasteiger partial charge is 0.457 e. The van der Waals surface area contributed by atoms with Gasteiger partial charge in [-0.15, -0.1) is 0 Å². The molecule has 92 valence electrons. The maximum absolute atomic E-state index is 6.06. The van der Waals surface area contributed by atoms with Crippen LogP contribution in [0.4, 0.5) is 0 Å². The van der Waals surface area contributed by atoms with Gasteiger partial charge in [0.25, 0.3) is 0 Å². The minimum atomic E-state index is 0.407. The summed E-state index contributed by atoms with van der Waals surface area (Å²) >= 11 is 0. The molecular formula is C17H18O. The summed E-state index contributed by atoms with van der Waals surface area (Å²) in [5.74, 6) is 2.44. The summed E-state index contributed by atoms with van der Waals surface area (Å²) in [7, 11) is 0. The first-order chi connectivity index (χ1) is 8.59. The Morgan fingerprint density at radius 1 is 0.944 bits per heavy atom. The van der Waals surface area contributed by atoms with Crippen LogP contribution in [0.25, 0.3) is 0 Å². The zero-order valence-corrected chi connectivity index (χ0v) is 11.4. The number of rotatable bonds is 0. The van der Waals surface area contributed by atoms with Crippen LogP contribution in [0, 0.1) is 20.8 Å². The van der Waals surface area contributed by atoms with Gasteiger partial charge in [-0.3, -0.25) is 0 Å². The van der Waals surface area contributed by atoms with Gasteiger partial charge in [0.2, 0.25) is 0 Å². The molecule has 1 unspecified atom stereocenters. The summed E-state index contributed by atoms with van der Waals surface area (Å²) in [4.78, 5) is 0. The number of hydrogen-bond acceptors (Lipinski definition) is 1. The van der Waals surface area contributed by atoms with Crippen molar-refractivity contribution in [1.29, 1.82) is 0 Å². The maximum atomic E-state index is 6.06. The van der Waals surface area contributed by atoms with Gasteiger partial charge in [0.1, 0.15) is 11.5 Å². The molecule has 18 heavy (non-hydrogen) atoms. The van der Waals surface area contributed by atoms with Crippen LogP contribution in [-0.2, 0) is 0 Å². The van der Waals surface area contributed by atoms with Gasteiger partial charge < -0.3 is 4.74 Å². The van der Waals surface area contributed by atoms with Crippen LogP contribution >= 0.6 is 0 Å². The number of ether oxygens (including phenoxy) is 1. The zero-order chi connectivity index (χ0) is 12.9. The summed E-state index contributed by atoms with van der Waals surface area (Å²) in [5.41, 5.74) is 6.68. The molecule has 1 atom stereocenters. The van der Waals surface area contributed by atoms with E-state index in [1.165, 1.54) is 27.8 Å². The number of fused-ring (bicyclic) bond motifs is 2. The minimum absolute atomic E-state index is 0.407. The van der Waals surface area contributed by atoms with Crippen molar-refractivity contribution < 1.29 is 4.74 Å². The first kappa shape index (κ1) is 11.3. The van der Waals surface area contributed by atoms with Crippen molar-refractivity contribution in [1.82, 2.24) is 0 Å². The molecular weight excluding hydrogens is 220 g/mol. The first-order valence-electron chi connectivity index (χ1n) is 6.47. The lowest BCUT2D eigenvalue weighted by molar-refractivity contribution is 0.448. The molecule has 0 fully saturated rings. The van der Waals surface area contributed by atoms with Crippen molar-refractivity contribution >= 4 is 0 Å².